The van der Waals surface area contributed by atoms with Crippen LogP contribution in [-0.4, -0.2) is 37.3 Å². The summed E-state index contributed by atoms with van der Waals surface area (Å²) >= 11 is 5.62. The SMILES string of the molecule is O=c1n(-c2cccc(C(F)(F)F)c2)c(O)c2n1[C@H]1C[C@@H]2N(C(=S)NCC2CCCCC2)C1. The van der Waals surface area contributed by atoms with Gasteiger partial charge >= 0.3 is 11.9 Å². The van der Waals surface area contributed by atoms with Gasteiger partial charge in [0.1, 0.15) is 5.69 Å². The lowest BCUT2D eigenvalue weighted by atomic mass is 9.89. The zero-order chi connectivity index (χ0) is 22.6. The van der Waals surface area contributed by atoms with Crippen molar-refractivity contribution < 1.29 is 18.3 Å². The molecular weight excluding hydrogens is 441 g/mol. The van der Waals surface area contributed by atoms with Crippen LogP contribution in [0.4, 0.5) is 13.2 Å². The van der Waals surface area contributed by atoms with Crippen molar-refractivity contribution in [3.63, 3.8) is 0 Å². The predicted molar refractivity (Wildman–Crippen MR) is 117 cm³/mol. The van der Waals surface area contributed by atoms with Crippen molar-refractivity contribution in [1.82, 2.24) is 19.4 Å². The molecule has 0 spiro atoms. The fraction of sp³-hybridized carbons (Fsp3) is 0.545. The summed E-state index contributed by atoms with van der Waals surface area (Å²) in [6.07, 6.45) is 2.28. The molecule has 32 heavy (non-hydrogen) atoms. The molecule has 10 heteroatoms. The van der Waals surface area contributed by atoms with Crippen LogP contribution in [0, 0.1) is 5.92 Å². The molecule has 5 rings (SSSR count). The number of aromatic hydroxyl groups is 1. The average Bonchev–Trinajstić information content (AvgIpc) is 3.43. The molecule has 3 heterocycles. The number of hydrogen-bond acceptors (Lipinski definition) is 3. The molecule has 6 nitrogen and oxygen atoms in total. The Morgan fingerprint density at radius 1 is 1.22 bits per heavy atom. The van der Waals surface area contributed by atoms with Gasteiger partial charge in [0.15, 0.2) is 5.11 Å². The van der Waals surface area contributed by atoms with Crippen LogP contribution >= 0.6 is 12.2 Å². The first-order valence-corrected chi connectivity index (χ1v) is 11.4. The summed E-state index contributed by atoms with van der Waals surface area (Å²) in [4.78, 5) is 15.1. The molecule has 2 bridgehead atoms. The van der Waals surface area contributed by atoms with Crippen molar-refractivity contribution in [2.75, 3.05) is 13.1 Å². The highest BCUT2D eigenvalue weighted by molar-refractivity contribution is 7.80. The highest BCUT2D eigenvalue weighted by Crippen LogP contribution is 2.48. The van der Waals surface area contributed by atoms with E-state index in [0.29, 0.717) is 29.7 Å². The summed E-state index contributed by atoms with van der Waals surface area (Å²) in [6.45, 7) is 1.36. The van der Waals surface area contributed by atoms with Gasteiger partial charge in [-0.3, -0.25) is 4.57 Å². The molecule has 0 unspecified atom stereocenters. The van der Waals surface area contributed by atoms with Gasteiger partial charge in [0.05, 0.1) is 23.3 Å². The van der Waals surface area contributed by atoms with E-state index in [9.17, 15) is 23.1 Å². The number of alkyl halides is 3. The molecule has 1 aromatic carbocycles. The number of nitrogens with one attached hydrogen (secondary N) is 1. The third-order valence-corrected chi connectivity index (χ3v) is 7.40. The van der Waals surface area contributed by atoms with Crippen LogP contribution in [0.3, 0.4) is 0 Å². The number of rotatable bonds is 3. The molecule has 0 radical (unpaired) electrons. The van der Waals surface area contributed by atoms with Crippen molar-refractivity contribution in [1.29, 1.82) is 0 Å². The van der Waals surface area contributed by atoms with E-state index in [1.807, 2.05) is 4.90 Å². The molecule has 172 valence electrons. The number of hydrogen-bond donors (Lipinski definition) is 2. The van der Waals surface area contributed by atoms with Gasteiger partial charge in [0.25, 0.3) is 0 Å². The Bertz CT molecular complexity index is 1100. The van der Waals surface area contributed by atoms with Gasteiger partial charge in [0, 0.05) is 13.1 Å². The molecular formula is C22H25F3N4O2S. The fourth-order valence-electron chi connectivity index (χ4n) is 5.45. The van der Waals surface area contributed by atoms with Gasteiger partial charge < -0.3 is 15.3 Å². The number of likely N-dealkylation sites (tertiary alicyclic amines) is 1. The zero-order valence-corrected chi connectivity index (χ0v) is 18.3. The maximum Gasteiger partial charge on any atom is 0.416 e. The summed E-state index contributed by atoms with van der Waals surface area (Å²) in [6, 6.07) is 4.01. The largest absolute Gasteiger partial charge is 0.493 e. The van der Waals surface area contributed by atoms with Crippen LogP contribution < -0.4 is 11.0 Å². The van der Waals surface area contributed by atoms with Gasteiger partial charge in [-0.25, -0.2) is 9.36 Å². The summed E-state index contributed by atoms with van der Waals surface area (Å²) < 4.78 is 41.9. The Balaban J connectivity index is 1.40. The molecule has 1 aromatic heterocycles. The minimum atomic E-state index is -4.54. The molecule has 2 atom stereocenters. The maximum atomic E-state index is 13.1. The minimum absolute atomic E-state index is 0.00632. The number of imidazole rings is 1. The van der Waals surface area contributed by atoms with Crippen molar-refractivity contribution in [3.8, 4) is 11.6 Å². The van der Waals surface area contributed by atoms with Crippen LogP contribution in [0.5, 0.6) is 5.88 Å². The van der Waals surface area contributed by atoms with E-state index >= 15 is 0 Å². The summed E-state index contributed by atoms with van der Waals surface area (Å²) in [5, 5.41) is 14.9. The quantitative estimate of drug-likeness (QED) is 0.667. The summed E-state index contributed by atoms with van der Waals surface area (Å²) in [5.41, 5.74) is -0.978. The first-order valence-electron chi connectivity index (χ1n) is 11.0. The van der Waals surface area contributed by atoms with Crippen LogP contribution in [-0.2, 0) is 6.18 Å². The number of halogens is 3. The number of benzene rings is 1. The molecule has 1 saturated heterocycles. The van der Waals surface area contributed by atoms with Gasteiger partial charge in [-0.15, -0.1) is 0 Å². The van der Waals surface area contributed by atoms with Crippen molar-refractivity contribution >= 4 is 17.3 Å². The third-order valence-electron chi connectivity index (χ3n) is 7.02. The van der Waals surface area contributed by atoms with Crippen molar-refractivity contribution in [2.24, 2.45) is 5.92 Å². The second-order valence-electron chi connectivity index (χ2n) is 8.99. The minimum Gasteiger partial charge on any atom is -0.493 e. The van der Waals surface area contributed by atoms with Crippen molar-refractivity contribution in [3.05, 3.63) is 46.0 Å². The second-order valence-corrected chi connectivity index (χ2v) is 9.38. The Kier molecular flexibility index (Phi) is 5.22. The lowest BCUT2D eigenvalue weighted by Crippen LogP contribution is -2.44. The van der Waals surface area contributed by atoms with Gasteiger partial charge in [-0.1, -0.05) is 25.3 Å². The van der Waals surface area contributed by atoms with Crippen molar-refractivity contribution in [2.45, 2.75) is 56.8 Å². The van der Waals surface area contributed by atoms with E-state index in [1.54, 1.807) is 0 Å². The second kappa shape index (κ2) is 7.83. The normalized spacial score (nSPS) is 22.9. The predicted octanol–water partition coefficient (Wildman–Crippen LogP) is 4.12. The molecule has 2 N–H and O–H groups in total. The smallest absolute Gasteiger partial charge is 0.416 e. The van der Waals surface area contributed by atoms with Gasteiger partial charge in [-0.2, -0.15) is 13.2 Å². The first-order chi connectivity index (χ1) is 15.3. The van der Waals surface area contributed by atoms with Gasteiger partial charge in [-0.05, 0) is 55.6 Å². The Morgan fingerprint density at radius 3 is 2.69 bits per heavy atom. The molecule has 0 amide bonds. The summed E-state index contributed by atoms with van der Waals surface area (Å²) in [7, 11) is 0. The van der Waals surface area contributed by atoms with E-state index in [1.165, 1.54) is 48.8 Å². The van der Waals surface area contributed by atoms with Crippen LogP contribution in [0.1, 0.15) is 61.9 Å². The Hall–Kier alpha value is -2.49. The zero-order valence-electron chi connectivity index (χ0n) is 17.4. The third kappa shape index (κ3) is 3.48. The lowest BCUT2D eigenvalue weighted by Gasteiger charge is -2.31. The molecule has 2 fully saturated rings. The van der Waals surface area contributed by atoms with E-state index in [2.05, 4.69) is 5.32 Å². The van der Waals surface area contributed by atoms with E-state index in [4.69, 9.17) is 12.2 Å². The monoisotopic (exact) mass is 466 g/mol. The number of aromatic nitrogens is 2. The van der Waals surface area contributed by atoms with E-state index < -0.39 is 17.4 Å². The van der Waals surface area contributed by atoms with Crippen LogP contribution in [0.25, 0.3) is 5.69 Å². The highest BCUT2D eigenvalue weighted by atomic mass is 32.1. The molecule has 3 aliphatic rings. The summed E-state index contributed by atoms with van der Waals surface area (Å²) in [5.74, 6) is 0.289. The fourth-order valence-corrected chi connectivity index (χ4v) is 5.73. The first kappa shape index (κ1) is 21.4. The molecule has 2 aliphatic heterocycles. The van der Waals surface area contributed by atoms with Crippen LogP contribution in [0.2, 0.25) is 0 Å². The lowest BCUT2D eigenvalue weighted by molar-refractivity contribution is -0.137. The number of nitrogens with zero attached hydrogens (tertiary/aromatic N) is 3. The molecule has 1 aliphatic carbocycles. The van der Waals surface area contributed by atoms with E-state index in [-0.39, 0.29) is 23.7 Å². The Labute approximate surface area is 188 Å². The highest BCUT2D eigenvalue weighted by Gasteiger charge is 2.48. The molecule has 1 saturated carbocycles. The van der Waals surface area contributed by atoms with Crippen LogP contribution in [0.15, 0.2) is 29.1 Å². The number of fused-ring (bicyclic) bond motifs is 5. The Morgan fingerprint density at radius 2 is 1.97 bits per heavy atom. The average molecular weight is 467 g/mol. The van der Waals surface area contributed by atoms with Gasteiger partial charge in [0.2, 0.25) is 5.88 Å². The van der Waals surface area contributed by atoms with E-state index in [0.717, 1.165) is 23.2 Å². The maximum absolute atomic E-state index is 13.1. The standard InChI is InChI=1S/C22H25F3N4O2S/c23-22(24,25)14-7-4-8-15(9-14)29-19(30)18-17-10-16(28(18)21(29)31)12-27(17)20(32)26-11-13-5-2-1-3-6-13/h4,7-9,13,16-17,30H,1-3,5-6,10-12H2,(H,26,32)/t16-,17-/m0/s1. The molecule has 2 aromatic rings. The number of thiocarbonyl (C=S) groups is 1. The topological polar surface area (TPSA) is 62.4 Å².